The van der Waals surface area contributed by atoms with Gasteiger partial charge in [0.05, 0.1) is 0 Å². The first-order valence-electron chi connectivity index (χ1n) is 4.28. The van der Waals surface area contributed by atoms with E-state index in [9.17, 15) is 8.42 Å². The lowest BCUT2D eigenvalue weighted by atomic mass is 10.2. The lowest BCUT2D eigenvalue weighted by molar-refractivity contribution is 0.592. The summed E-state index contributed by atoms with van der Waals surface area (Å²) >= 11 is 11.6. The van der Waals surface area contributed by atoms with Crippen LogP contribution in [-0.2, 0) is 16.3 Å². The SMILES string of the molecule is CCCc1c(Cl)nc(S(C)(=O)=O)nc1Cl. The maximum absolute atomic E-state index is 11.2. The van der Waals surface area contributed by atoms with Crippen molar-refractivity contribution in [3.63, 3.8) is 0 Å². The van der Waals surface area contributed by atoms with Gasteiger partial charge in [0, 0.05) is 11.8 Å². The summed E-state index contributed by atoms with van der Waals surface area (Å²) in [5.74, 6) is 0. The van der Waals surface area contributed by atoms with Gasteiger partial charge in [0.2, 0.25) is 15.0 Å². The summed E-state index contributed by atoms with van der Waals surface area (Å²) in [4.78, 5) is 7.41. The summed E-state index contributed by atoms with van der Waals surface area (Å²) in [5, 5.41) is -0.119. The normalized spacial score (nSPS) is 11.7. The van der Waals surface area contributed by atoms with Gasteiger partial charge in [0.15, 0.2) is 0 Å². The molecular formula is C8H10Cl2N2O2S. The van der Waals surface area contributed by atoms with E-state index >= 15 is 0 Å². The summed E-state index contributed by atoms with van der Waals surface area (Å²) in [7, 11) is -3.47. The Hall–Kier alpha value is -0.390. The number of hydrogen-bond acceptors (Lipinski definition) is 4. The van der Waals surface area contributed by atoms with E-state index in [1.54, 1.807) is 0 Å². The second-order valence-electron chi connectivity index (χ2n) is 3.09. The number of sulfone groups is 1. The molecule has 0 fully saturated rings. The van der Waals surface area contributed by atoms with Gasteiger partial charge in [-0.2, -0.15) is 0 Å². The molecule has 0 N–H and O–H groups in total. The van der Waals surface area contributed by atoms with Gasteiger partial charge in [-0.15, -0.1) is 0 Å². The third-order valence-corrected chi connectivity index (χ3v) is 3.19. The van der Waals surface area contributed by atoms with E-state index in [4.69, 9.17) is 23.2 Å². The molecule has 0 aliphatic carbocycles. The average molecular weight is 269 g/mol. The molecule has 1 rings (SSSR count). The van der Waals surface area contributed by atoms with Crippen molar-refractivity contribution in [3.05, 3.63) is 15.9 Å². The van der Waals surface area contributed by atoms with Crippen LogP contribution in [0, 0.1) is 0 Å². The smallest absolute Gasteiger partial charge is 0.221 e. The summed E-state index contributed by atoms with van der Waals surface area (Å²) in [6.45, 7) is 1.96. The standard InChI is InChI=1S/C8H10Cl2N2O2S/c1-3-4-5-6(9)11-8(12-7(5)10)15(2,13)14/h3-4H2,1-2H3. The molecule has 84 valence electrons. The molecule has 0 bridgehead atoms. The molecular weight excluding hydrogens is 259 g/mol. The van der Waals surface area contributed by atoms with Crippen molar-refractivity contribution in [1.82, 2.24) is 9.97 Å². The molecule has 0 saturated carbocycles. The van der Waals surface area contributed by atoms with Crippen LogP contribution in [0.25, 0.3) is 0 Å². The lowest BCUT2D eigenvalue weighted by Crippen LogP contribution is -2.06. The largest absolute Gasteiger partial charge is 0.249 e. The van der Waals surface area contributed by atoms with Crippen LogP contribution in [0.2, 0.25) is 10.3 Å². The summed E-state index contributed by atoms with van der Waals surface area (Å²) in [5.41, 5.74) is 0.591. The number of rotatable bonds is 3. The minimum absolute atomic E-state index is 0.109. The molecule has 1 heterocycles. The van der Waals surface area contributed by atoms with Crippen molar-refractivity contribution in [2.75, 3.05) is 6.26 Å². The summed E-state index contributed by atoms with van der Waals surface area (Å²) < 4.78 is 22.3. The molecule has 0 saturated heterocycles. The van der Waals surface area contributed by atoms with Gasteiger partial charge in [-0.1, -0.05) is 36.5 Å². The number of aromatic nitrogens is 2. The maximum Gasteiger partial charge on any atom is 0.249 e. The zero-order valence-corrected chi connectivity index (χ0v) is 10.6. The van der Waals surface area contributed by atoms with Gasteiger partial charge in [-0.25, -0.2) is 18.4 Å². The number of nitrogens with zero attached hydrogens (tertiary/aromatic N) is 2. The molecule has 0 atom stereocenters. The van der Waals surface area contributed by atoms with Crippen molar-refractivity contribution in [2.45, 2.75) is 24.9 Å². The van der Waals surface area contributed by atoms with Crippen molar-refractivity contribution < 1.29 is 8.42 Å². The molecule has 0 unspecified atom stereocenters. The van der Waals surface area contributed by atoms with Gasteiger partial charge in [-0.3, -0.25) is 0 Å². The summed E-state index contributed by atoms with van der Waals surface area (Å²) in [6.07, 6.45) is 2.47. The molecule has 0 amide bonds. The van der Waals surface area contributed by atoms with Crippen LogP contribution in [-0.4, -0.2) is 24.6 Å². The molecule has 0 aliphatic heterocycles. The van der Waals surface area contributed by atoms with Crippen LogP contribution in [0.5, 0.6) is 0 Å². The molecule has 0 aromatic carbocycles. The number of halogens is 2. The highest BCUT2D eigenvalue weighted by Crippen LogP contribution is 2.23. The highest BCUT2D eigenvalue weighted by Gasteiger charge is 2.17. The lowest BCUT2D eigenvalue weighted by Gasteiger charge is -2.05. The summed E-state index contributed by atoms with van der Waals surface area (Å²) in [6, 6.07) is 0. The van der Waals surface area contributed by atoms with Gasteiger partial charge in [0.25, 0.3) is 0 Å². The van der Waals surface area contributed by atoms with E-state index in [2.05, 4.69) is 9.97 Å². The highest BCUT2D eigenvalue weighted by molar-refractivity contribution is 7.90. The molecule has 4 nitrogen and oxygen atoms in total. The van der Waals surface area contributed by atoms with Gasteiger partial charge >= 0.3 is 0 Å². The molecule has 15 heavy (non-hydrogen) atoms. The Morgan fingerprint density at radius 3 is 2.00 bits per heavy atom. The monoisotopic (exact) mass is 268 g/mol. The third-order valence-electron chi connectivity index (χ3n) is 1.72. The molecule has 0 spiro atoms. The Labute approximate surface area is 98.6 Å². The first kappa shape index (κ1) is 12.7. The fraction of sp³-hybridized carbons (Fsp3) is 0.500. The maximum atomic E-state index is 11.2. The van der Waals surface area contributed by atoms with E-state index < -0.39 is 9.84 Å². The molecule has 1 aromatic heterocycles. The topological polar surface area (TPSA) is 59.9 Å². The number of hydrogen-bond donors (Lipinski definition) is 0. The van der Waals surface area contributed by atoms with Crippen LogP contribution in [0.4, 0.5) is 0 Å². The Morgan fingerprint density at radius 2 is 1.67 bits per heavy atom. The second kappa shape index (κ2) is 4.63. The van der Waals surface area contributed by atoms with Crippen molar-refractivity contribution in [2.24, 2.45) is 0 Å². The fourth-order valence-electron chi connectivity index (χ4n) is 1.04. The van der Waals surface area contributed by atoms with E-state index in [0.29, 0.717) is 12.0 Å². The second-order valence-corrected chi connectivity index (χ2v) is 5.71. The van der Waals surface area contributed by atoms with Crippen molar-refractivity contribution in [1.29, 1.82) is 0 Å². The van der Waals surface area contributed by atoms with E-state index in [1.165, 1.54) is 0 Å². The van der Waals surface area contributed by atoms with Gasteiger partial charge in [0.1, 0.15) is 10.3 Å². The molecule has 7 heteroatoms. The quantitative estimate of drug-likeness (QED) is 0.623. The van der Waals surface area contributed by atoms with Crippen LogP contribution < -0.4 is 0 Å². The fourth-order valence-corrected chi connectivity index (χ4v) is 2.23. The first-order valence-corrected chi connectivity index (χ1v) is 6.93. The molecule has 0 radical (unpaired) electrons. The predicted molar refractivity (Wildman–Crippen MR) is 59.2 cm³/mol. The Balaban J connectivity index is 3.32. The first-order chi connectivity index (χ1) is 6.86. The van der Waals surface area contributed by atoms with Crippen LogP contribution in [0.3, 0.4) is 0 Å². The van der Waals surface area contributed by atoms with Gasteiger partial charge in [-0.05, 0) is 6.42 Å². The van der Waals surface area contributed by atoms with Crippen molar-refractivity contribution in [3.8, 4) is 0 Å². The Kier molecular flexibility index (Phi) is 3.92. The minimum atomic E-state index is -3.47. The zero-order valence-electron chi connectivity index (χ0n) is 8.29. The molecule has 1 aromatic rings. The Bertz CT molecular complexity index is 451. The minimum Gasteiger partial charge on any atom is -0.221 e. The van der Waals surface area contributed by atoms with E-state index in [1.807, 2.05) is 6.92 Å². The van der Waals surface area contributed by atoms with Gasteiger partial charge < -0.3 is 0 Å². The zero-order chi connectivity index (χ0) is 11.6. The predicted octanol–water partition coefficient (Wildman–Crippen LogP) is 2.14. The van der Waals surface area contributed by atoms with Crippen LogP contribution in [0.15, 0.2) is 5.16 Å². The molecule has 0 aliphatic rings. The average Bonchev–Trinajstić information content (AvgIpc) is 2.09. The Morgan fingerprint density at radius 1 is 1.20 bits per heavy atom. The highest BCUT2D eigenvalue weighted by atomic mass is 35.5. The van der Waals surface area contributed by atoms with Crippen LogP contribution >= 0.6 is 23.2 Å². The van der Waals surface area contributed by atoms with Crippen LogP contribution in [0.1, 0.15) is 18.9 Å². The third kappa shape index (κ3) is 3.03. The van der Waals surface area contributed by atoms with E-state index in [-0.39, 0.29) is 15.5 Å². The van der Waals surface area contributed by atoms with Crippen molar-refractivity contribution >= 4 is 33.0 Å². The van der Waals surface area contributed by atoms with E-state index in [0.717, 1.165) is 12.7 Å².